The number of carbonyl (C=O) groups excluding carboxylic acids is 2. The molecule has 0 saturated carbocycles. The number of nitrogens with one attached hydrogen (secondary N) is 1. The molecule has 1 saturated heterocycles. The van der Waals surface area contributed by atoms with Crippen LogP contribution in [0, 0.1) is 0 Å². The Morgan fingerprint density at radius 1 is 1.14 bits per heavy atom. The SMILES string of the molecule is COC(=O)c1ccccc1NC(=O)N1CCCC(c2nnc3ccccn23)C1. The van der Waals surface area contributed by atoms with Gasteiger partial charge in [0.15, 0.2) is 5.65 Å². The Kier molecular flexibility index (Phi) is 4.92. The average molecular weight is 379 g/mol. The van der Waals surface area contributed by atoms with Crippen LogP contribution >= 0.6 is 0 Å². The molecule has 0 spiro atoms. The van der Waals surface area contributed by atoms with E-state index in [1.807, 2.05) is 28.8 Å². The van der Waals surface area contributed by atoms with Crippen molar-refractivity contribution in [3.63, 3.8) is 0 Å². The van der Waals surface area contributed by atoms with Gasteiger partial charge in [0.05, 0.1) is 18.4 Å². The maximum Gasteiger partial charge on any atom is 0.339 e. The summed E-state index contributed by atoms with van der Waals surface area (Å²) < 4.78 is 6.76. The lowest BCUT2D eigenvalue weighted by atomic mass is 9.97. The molecule has 144 valence electrons. The number of hydrogen-bond donors (Lipinski definition) is 1. The first-order valence-electron chi connectivity index (χ1n) is 9.20. The number of fused-ring (bicyclic) bond motifs is 1. The zero-order chi connectivity index (χ0) is 19.5. The molecule has 1 fully saturated rings. The molecule has 1 aliphatic heterocycles. The molecule has 0 radical (unpaired) electrons. The number of likely N-dealkylation sites (tertiary alicyclic amines) is 1. The van der Waals surface area contributed by atoms with E-state index in [9.17, 15) is 9.59 Å². The Hall–Kier alpha value is -3.42. The van der Waals surface area contributed by atoms with Gasteiger partial charge in [-0.15, -0.1) is 10.2 Å². The van der Waals surface area contributed by atoms with Gasteiger partial charge in [-0.1, -0.05) is 18.2 Å². The third kappa shape index (κ3) is 3.40. The molecule has 4 rings (SSSR count). The number of benzene rings is 1. The molecule has 1 atom stereocenters. The molecule has 3 heterocycles. The average Bonchev–Trinajstić information content (AvgIpc) is 3.18. The quantitative estimate of drug-likeness (QED) is 0.707. The number of urea groups is 1. The summed E-state index contributed by atoms with van der Waals surface area (Å²) >= 11 is 0. The van der Waals surface area contributed by atoms with E-state index >= 15 is 0 Å². The first-order valence-corrected chi connectivity index (χ1v) is 9.20. The summed E-state index contributed by atoms with van der Waals surface area (Å²) in [5.41, 5.74) is 1.57. The van der Waals surface area contributed by atoms with Crippen LogP contribution < -0.4 is 5.32 Å². The van der Waals surface area contributed by atoms with E-state index in [-0.39, 0.29) is 11.9 Å². The van der Waals surface area contributed by atoms with Gasteiger partial charge < -0.3 is 15.0 Å². The lowest BCUT2D eigenvalue weighted by Crippen LogP contribution is -2.42. The van der Waals surface area contributed by atoms with Crippen LogP contribution in [0.25, 0.3) is 5.65 Å². The Bertz CT molecular complexity index is 1020. The van der Waals surface area contributed by atoms with Crippen LogP contribution in [0.1, 0.15) is 34.9 Å². The van der Waals surface area contributed by atoms with Crippen molar-refractivity contribution in [2.75, 3.05) is 25.5 Å². The Labute approximate surface area is 162 Å². The summed E-state index contributed by atoms with van der Waals surface area (Å²) in [6.07, 6.45) is 3.76. The Balaban J connectivity index is 1.51. The molecule has 8 heteroatoms. The summed E-state index contributed by atoms with van der Waals surface area (Å²) in [6, 6.07) is 12.4. The zero-order valence-electron chi connectivity index (χ0n) is 15.5. The van der Waals surface area contributed by atoms with Crippen molar-refractivity contribution in [1.82, 2.24) is 19.5 Å². The Morgan fingerprint density at radius 2 is 1.96 bits per heavy atom. The lowest BCUT2D eigenvalue weighted by molar-refractivity contribution is 0.0602. The van der Waals surface area contributed by atoms with Gasteiger partial charge in [-0.05, 0) is 37.1 Å². The second-order valence-electron chi connectivity index (χ2n) is 6.74. The van der Waals surface area contributed by atoms with Crippen molar-refractivity contribution in [3.8, 4) is 0 Å². The Morgan fingerprint density at radius 3 is 2.82 bits per heavy atom. The molecule has 1 aromatic carbocycles. The highest BCUT2D eigenvalue weighted by atomic mass is 16.5. The number of pyridine rings is 1. The van der Waals surface area contributed by atoms with Gasteiger partial charge in [-0.3, -0.25) is 4.40 Å². The monoisotopic (exact) mass is 379 g/mol. The van der Waals surface area contributed by atoms with Crippen LogP contribution in [0.2, 0.25) is 0 Å². The predicted molar refractivity (Wildman–Crippen MR) is 103 cm³/mol. The van der Waals surface area contributed by atoms with Crippen LogP contribution in [0.5, 0.6) is 0 Å². The third-order valence-corrected chi connectivity index (χ3v) is 4.99. The van der Waals surface area contributed by atoms with Crippen molar-refractivity contribution in [1.29, 1.82) is 0 Å². The topological polar surface area (TPSA) is 88.8 Å². The maximum atomic E-state index is 12.8. The van der Waals surface area contributed by atoms with E-state index in [2.05, 4.69) is 15.5 Å². The number of nitrogens with zero attached hydrogens (tertiary/aromatic N) is 4. The lowest BCUT2D eigenvalue weighted by Gasteiger charge is -2.32. The molecule has 0 aliphatic carbocycles. The summed E-state index contributed by atoms with van der Waals surface area (Å²) in [4.78, 5) is 26.5. The van der Waals surface area contributed by atoms with Gasteiger partial charge in [0.25, 0.3) is 0 Å². The van der Waals surface area contributed by atoms with Crippen LogP contribution in [0.15, 0.2) is 48.7 Å². The number of hydrogen-bond acceptors (Lipinski definition) is 5. The van der Waals surface area contributed by atoms with Crippen molar-refractivity contribution in [2.45, 2.75) is 18.8 Å². The van der Waals surface area contributed by atoms with Gasteiger partial charge in [-0.25, -0.2) is 9.59 Å². The number of para-hydroxylation sites is 1. The van der Waals surface area contributed by atoms with Crippen LogP contribution in [0.4, 0.5) is 10.5 Å². The third-order valence-electron chi connectivity index (χ3n) is 4.99. The van der Waals surface area contributed by atoms with Gasteiger partial charge >= 0.3 is 12.0 Å². The first kappa shape index (κ1) is 18.0. The van der Waals surface area contributed by atoms with Crippen LogP contribution in [0.3, 0.4) is 0 Å². The van der Waals surface area contributed by atoms with Crippen molar-refractivity contribution >= 4 is 23.3 Å². The first-order chi connectivity index (χ1) is 13.7. The highest BCUT2D eigenvalue weighted by Gasteiger charge is 2.28. The fourth-order valence-corrected chi connectivity index (χ4v) is 3.58. The van der Waals surface area contributed by atoms with Gasteiger partial charge in [0, 0.05) is 25.2 Å². The fraction of sp³-hybridized carbons (Fsp3) is 0.300. The van der Waals surface area contributed by atoms with E-state index in [4.69, 9.17) is 4.74 Å². The highest BCUT2D eigenvalue weighted by Crippen LogP contribution is 2.27. The van der Waals surface area contributed by atoms with Gasteiger partial charge in [0.1, 0.15) is 5.82 Å². The summed E-state index contributed by atoms with van der Waals surface area (Å²) in [7, 11) is 1.32. The molecule has 0 bridgehead atoms. The maximum absolute atomic E-state index is 12.8. The number of piperidine rings is 1. The highest BCUT2D eigenvalue weighted by molar-refractivity contribution is 6.00. The van der Waals surface area contributed by atoms with E-state index in [1.54, 1.807) is 29.2 Å². The number of carbonyl (C=O) groups is 2. The molecule has 3 aromatic rings. The predicted octanol–water partition coefficient (Wildman–Crippen LogP) is 2.93. The van der Waals surface area contributed by atoms with Crippen molar-refractivity contribution in [2.24, 2.45) is 0 Å². The van der Waals surface area contributed by atoms with E-state index in [0.29, 0.717) is 24.3 Å². The summed E-state index contributed by atoms with van der Waals surface area (Å²) in [5, 5.41) is 11.4. The van der Waals surface area contributed by atoms with E-state index in [1.165, 1.54) is 7.11 Å². The second kappa shape index (κ2) is 7.67. The van der Waals surface area contributed by atoms with E-state index < -0.39 is 5.97 Å². The molecule has 2 aromatic heterocycles. The molecular formula is C20H21N5O3. The summed E-state index contributed by atoms with van der Waals surface area (Å²) in [6.45, 7) is 1.20. The number of anilines is 1. The van der Waals surface area contributed by atoms with Crippen LogP contribution in [-0.4, -0.2) is 51.7 Å². The number of aromatic nitrogens is 3. The van der Waals surface area contributed by atoms with Gasteiger partial charge in [0.2, 0.25) is 0 Å². The molecular weight excluding hydrogens is 358 g/mol. The molecule has 28 heavy (non-hydrogen) atoms. The minimum atomic E-state index is -0.484. The molecule has 8 nitrogen and oxygen atoms in total. The number of amides is 2. The molecule has 1 unspecified atom stereocenters. The minimum Gasteiger partial charge on any atom is -0.465 e. The second-order valence-corrected chi connectivity index (χ2v) is 6.74. The fourth-order valence-electron chi connectivity index (χ4n) is 3.58. The number of rotatable bonds is 3. The molecule has 1 N–H and O–H groups in total. The standard InChI is InChI=1S/C20H21N5O3/c1-28-19(26)15-8-2-3-9-16(15)21-20(27)24-11-6-7-14(13-24)18-23-22-17-10-4-5-12-25(17)18/h2-5,8-10,12,14H,6-7,11,13H2,1H3,(H,21,27). The van der Waals surface area contributed by atoms with Crippen molar-refractivity contribution in [3.05, 3.63) is 60.0 Å². The van der Waals surface area contributed by atoms with Gasteiger partial charge in [-0.2, -0.15) is 0 Å². The normalized spacial score (nSPS) is 16.8. The van der Waals surface area contributed by atoms with E-state index in [0.717, 1.165) is 24.3 Å². The molecule has 1 aliphatic rings. The zero-order valence-corrected chi connectivity index (χ0v) is 15.5. The minimum absolute atomic E-state index is 0.104. The number of ether oxygens (including phenoxy) is 1. The molecule has 2 amide bonds. The van der Waals surface area contributed by atoms with Crippen molar-refractivity contribution < 1.29 is 14.3 Å². The smallest absolute Gasteiger partial charge is 0.339 e. The number of esters is 1. The van der Waals surface area contributed by atoms with Crippen LogP contribution in [-0.2, 0) is 4.74 Å². The largest absolute Gasteiger partial charge is 0.465 e. The number of methoxy groups -OCH3 is 1. The summed E-state index contributed by atoms with van der Waals surface area (Å²) in [5.74, 6) is 0.484.